The number of nitrogens with zero attached hydrogens (tertiary/aromatic N) is 3. The smallest absolute Gasteiger partial charge is 0.268 e. The lowest BCUT2D eigenvalue weighted by Gasteiger charge is -2.39. The number of aromatic nitrogens is 1. The summed E-state index contributed by atoms with van der Waals surface area (Å²) in [4.78, 5) is 6.37. The number of anilines is 2. The molecule has 12 heteroatoms. The average Bonchev–Trinajstić information content (AvgIpc) is 3.52. The summed E-state index contributed by atoms with van der Waals surface area (Å²) in [5, 5.41) is -0.503. The normalized spacial score (nSPS) is 26.9. The number of benzene rings is 1. The van der Waals surface area contributed by atoms with Crippen LogP contribution in [0.1, 0.15) is 32.1 Å². The maximum absolute atomic E-state index is 15.3. The number of sulfonamides is 1. The van der Waals surface area contributed by atoms with Gasteiger partial charge in [0.15, 0.2) is 10.7 Å². The molecule has 4 heterocycles. The number of rotatable bonds is 6. The Bertz CT molecular complexity index is 1250. The van der Waals surface area contributed by atoms with Crippen LogP contribution >= 0.6 is 11.6 Å². The van der Waals surface area contributed by atoms with Gasteiger partial charge in [-0.05, 0) is 50.8 Å². The number of halogens is 4. The molecule has 1 N–H and O–H groups in total. The molecule has 5 rings (SSSR count). The number of methoxy groups -OCH3 is 1. The Kier molecular flexibility index (Phi) is 6.40. The molecule has 3 aliphatic rings. The quantitative estimate of drug-likeness (QED) is 0.446. The van der Waals surface area contributed by atoms with Crippen LogP contribution in [0, 0.1) is 17.6 Å². The van der Waals surface area contributed by atoms with E-state index >= 15 is 8.78 Å². The number of nitrogens with one attached hydrogen (secondary N) is 1. The molecule has 3 aliphatic heterocycles. The molecule has 0 bridgehead atoms. The van der Waals surface area contributed by atoms with E-state index in [1.807, 2.05) is 4.72 Å². The third-order valence-electron chi connectivity index (χ3n) is 7.53. The minimum atomic E-state index is -4.77. The average molecular weight is 531 g/mol. The van der Waals surface area contributed by atoms with E-state index in [0.29, 0.717) is 25.6 Å². The van der Waals surface area contributed by atoms with Crippen LogP contribution in [-0.4, -0.2) is 62.7 Å². The molecule has 1 aromatic carbocycles. The van der Waals surface area contributed by atoms with Gasteiger partial charge in [0.05, 0.1) is 5.69 Å². The first-order valence-corrected chi connectivity index (χ1v) is 13.4. The van der Waals surface area contributed by atoms with Crippen molar-refractivity contribution in [3.63, 3.8) is 0 Å². The first-order valence-electron chi connectivity index (χ1n) is 11.5. The molecule has 3 fully saturated rings. The Hall–Kier alpha value is -2.08. The Morgan fingerprint density at radius 1 is 1.20 bits per heavy atom. The molecule has 0 radical (unpaired) electrons. The second-order valence-electron chi connectivity index (χ2n) is 9.35. The van der Waals surface area contributed by atoms with Crippen LogP contribution in [0.15, 0.2) is 29.2 Å². The predicted molar refractivity (Wildman–Crippen MR) is 126 cm³/mol. The Morgan fingerprint density at radius 3 is 2.74 bits per heavy atom. The van der Waals surface area contributed by atoms with Crippen molar-refractivity contribution in [1.82, 2.24) is 9.88 Å². The van der Waals surface area contributed by atoms with Gasteiger partial charge in [-0.3, -0.25) is 9.62 Å². The standard InChI is InChI=1S/C23H26ClF3N4O3S/c1-34-23(17-8-7-14-4-3-10-31(14)17)9-11-30(13-23)16-12-15(25)22(21(27)20(16)24)35(32,33)29-19-6-2-5-18(26)28-19/h2,5-6,12,14,17H,3-4,7-11,13H2,1H3,(H,28,29)/t14?,17?,23-/m0/s1. The van der Waals surface area contributed by atoms with Crippen LogP contribution in [-0.2, 0) is 14.8 Å². The summed E-state index contributed by atoms with van der Waals surface area (Å²) in [6, 6.07) is 5.08. The van der Waals surface area contributed by atoms with Gasteiger partial charge in [-0.2, -0.15) is 4.39 Å². The zero-order valence-corrected chi connectivity index (χ0v) is 20.7. The fourth-order valence-corrected chi connectivity index (χ4v) is 7.41. The van der Waals surface area contributed by atoms with Gasteiger partial charge in [-0.15, -0.1) is 0 Å². The van der Waals surface area contributed by atoms with Gasteiger partial charge in [0.2, 0.25) is 5.95 Å². The summed E-state index contributed by atoms with van der Waals surface area (Å²) in [6.45, 7) is 1.86. The van der Waals surface area contributed by atoms with Crippen molar-refractivity contribution in [3.8, 4) is 0 Å². The molecule has 2 aromatic rings. The molecule has 1 aromatic heterocycles. The second kappa shape index (κ2) is 9.10. The van der Waals surface area contributed by atoms with Crippen molar-refractivity contribution < 1.29 is 26.3 Å². The van der Waals surface area contributed by atoms with E-state index in [2.05, 4.69) is 9.88 Å². The van der Waals surface area contributed by atoms with Gasteiger partial charge < -0.3 is 9.64 Å². The van der Waals surface area contributed by atoms with Gasteiger partial charge in [0.1, 0.15) is 22.3 Å². The van der Waals surface area contributed by atoms with Crippen LogP contribution in [0.3, 0.4) is 0 Å². The summed E-state index contributed by atoms with van der Waals surface area (Å²) in [5.41, 5.74) is -0.440. The third kappa shape index (κ3) is 4.26. The van der Waals surface area contributed by atoms with Crippen molar-refractivity contribution in [2.45, 2.75) is 54.7 Å². The molecule has 7 nitrogen and oxygen atoms in total. The molecule has 2 unspecified atom stereocenters. The Balaban J connectivity index is 1.43. The number of ether oxygens (including phenoxy) is 1. The van der Waals surface area contributed by atoms with Crippen LogP contribution in [0.2, 0.25) is 5.02 Å². The summed E-state index contributed by atoms with van der Waals surface area (Å²) >= 11 is 6.27. The molecule has 3 atom stereocenters. The number of fused-ring (bicyclic) bond motifs is 1. The van der Waals surface area contributed by atoms with Gasteiger partial charge in [0.25, 0.3) is 10.0 Å². The molecule has 0 spiro atoms. The van der Waals surface area contributed by atoms with Crippen molar-refractivity contribution in [2.75, 3.05) is 36.4 Å². The van der Waals surface area contributed by atoms with E-state index in [9.17, 15) is 12.8 Å². The highest BCUT2D eigenvalue weighted by Crippen LogP contribution is 2.45. The van der Waals surface area contributed by atoms with Crippen LogP contribution in [0.4, 0.5) is 24.7 Å². The van der Waals surface area contributed by atoms with Crippen molar-refractivity contribution >= 4 is 33.1 Å². The van der Waals surface area contributed by atoms with Gasteiger partial charge in [-0.25, -0.2) is 22.2 Å². The maximum atomic E-state index is 15.3. The number of hydrogen-bond acceptors (Lipinski definition) is 6. The highest BCUT2D eigenvalue weighted by Gasteiger charge is 2.52. The minimum Gasteiger partial charge on any atom is -0.375 e. The lowest BCUT2D eigenvalue weighted by atomic mass is 9.90. The lowest BCUT2D eigenvalue weighted by molar-refractivity contribution is -0.0525. The van der Waals surface area contributed by atoms with Crippen LogP contribution in [0.5, 0.6) is 0 Å². The molecule has 35 heavy (non-hydrogen) atoms. The fourth-order valence-electron chi connectivity index (χ4n) is 5.94. The highest BCUT2D eigenvalue weighted by atomic mass is 35.5. The lowest BCUT2D eigenvalue weighted by Crippen LogP contribution is -2.53. The largest absolute Gasteiger partial charge is 0.375 e. The second-order valence-corrected chi connectivity index (χ2v) is 11.4. The van der Waals surface area contributed by atoms with Crippen LogP contribution in [0.25, 0.3) is 0 Å². The monoisotopic (exact) mass is 530 g/mol. The van der Waals surface area contributed by atoms with E-state index in [0.717, 1.165) is 44.0 Å². The molecular formula is C23H26ClF3N4O3S. The Morgan fingerprint density at radius 2 is 2.00 bits per heavy atom. The van der Waals surface area contributed by atoms with E-state index in [1.54, 1.807) is 12.0 Å². The number of pyridine rings is 1. The van der Waals surface area contributed by atoms with Crippen molar-refractivity contribution in [3.05, 3.63) is 46.9 Å². The zero-order chi connectivity index (χ0) is 25.0. The summed E-state index contributed by atoms with van der Waals surface area (Å²) < 4.78 is 77.1. The summed E-state index contributed by atoms with van der Waals surface area (Å²) in [7, 11) is -3.10. The molecule has 0 amide bonds. The zero-order valence-electron chi connectivity index (χ0n) is 19.1. The van der Waals surface area contributed by atoms with Crippen molar-refractivity contribution in [2.24, 2.45) is 0 Å². The topological polar surface area (TPSA) is 74.8 Å². The van der Waals surface area contributed by atoms with E-state index in [4.69, 9.17) is 16.3 Å². The molecule has 190 valence electrons. The SMILES string of the molecule is CO[C@@]1(C2CCC3CCCN32)CCN(c2cc(F)c(S(=O)(=O)Nc3cccc(F)n3)c(F)c2Cl)C1. The molecular weight excluding hydrogens is 505 g/mol. The van der Waals surface area contributed by atoms with E-state index in [1.165, 1.54) is 12.5 Å². The van der Waals surface area contributed by atoms with E-state index < -0.39 is 48.9 Å². The van der Waals surface area contributed by atoms with Gasteiger partial charge in [-0.1, -0.05) is 17.7 Å². The predicted octanol–water partition coefficient (Wildman–Crippen LogP) is 4.18. The van der Waals surface area contributed by atoms with Gasteiger partial charge in [0, 0.05) is 38.3 Å². The van der Waals surface area contributed by atoms with E-state index in [-0.39, 0.29) is 11.7 Å². The number of hydrogen-bond donors (Lipinski definition) is 1. The summed E-state index contributed by atoms with van der Waals surface area (Å²) in [5.74, 6) is -4.08. The first kappa shape index (κ1) is 24.6. The Labute approximate surface area is 207 Å². The first-order chi connectivity index (χ1) is 16.6. The molecule has 0 saturated carbocycles. The summed E-state index contributed by atoms with van der Waals surface area (Å²) in [6.07, 6.45) is 5.10. The maximum Gasteiger partial charge on any atom is 0.268 e. The molecule has 0 aliphatic carbocycles. The van der Waals surface area contributed by atoms with Crippen molar-refractivity contribution in [1.29, 1.82) is 0 Å². The fraction of sp³-hybridized carbons (Fsp3) is 0.522. The minimum absolute atomic E-state index is 0.0689. The molecule has 3 saturated heterocycles. The highest BCUT2D eigenvalue weighted by molar-refractivity contribution is 7.92. The van der Waals surface area contributed by atoms with Gasteiger partial charge >= 0.3 is 0 Å². The third-order valence-corrected chi connectivity index (χ3v) is 9.28. The van der Waals surface area contributed by atoms with Crippen LogP contribution < -0.4 is 9.62 Å².